The molecule has 1 heterocycles. The molecule has 1 aromatic carbocycles. The van der Waals surface area contributed by atoms with Crippen molar-refractivity contribution in [2.24, 2.45) is 0 Å². The smallest absolute Gasteiger partial charge is 0.336 e. The van der Waals surface area contributed by atoms with Crippen LogP contribution in [-0.2, 0) is 0 Å². The molecule has 0 aliphatic carbocycles. The van der Waals surface area contributed by atoms with Gasteiger partial charge in [0.25, 0.3) is 0 Å². The predicted octanol–water partition coefficient (Wildman–Crippen LogP) is 2.95. The average Bonchev–Trinajstić information content (AvgIpc) is 2.76. The summed E-state index contributed by atoms with van der Waals surface area (Å²) in [6.45, 7) is 1.72. The molecule has 0 fully saturated rings. The summed E-state index contributed by atoms with van der Waals surface area (Å²) in [4.78, 5) is 26.7. The van der Waals surface area contributed by atoms with Gasteiger partial charge < -0.3 is 10.4 Å². The zero-order valence-electron chi connectivity index (χ0n) is 10.2. The number of rotatable bonds is 3. The van der Waals surface area contributed by atoms with Gasteiger partial charge in [0.2, 0.25) is 5.13 Å². The molecular formula is C11H9BrN4O3S. The highest BCUT2D eigenvalue weighted by atomic mass is 79.9. The van der Waals surface area contributed by atoms with Gasteiger partial charge in [-0.1, -0.05) is 0 Å². The Hall–Kier alpha value is -2.00. The van der Waals surface area contributed by atoms with E-state index in [2.05, 4.69) is 35.9 Å². The summed E-state index contributed by atoms with van der Waals surface area (Å²) in [7, 11) is 0. The quantitative estimate of drug-likeness (QED) is 0.784. The molecule has 0 atom stereocenters. The second-order valence-electron chi connectivity index (χ2n) is 3.73. The number of carboxylic acids is 1. The fourth-order valence-corrected chi connectivity index (χ4v) is 2.36. The summed E-state index contributed by atoms with van der Waals surface area (Å²) in [5.74, 6) is -0.511. The van der Waals surface area contributed by atoms with Crippen LogP contribution in [0.2, 0.25) is 0 Å². The topological polar surface area (TPSA) is 104 Å². The third kappa shape index (κ3) is 3.52. The van der Waals surface area contributed by atoms with Crippen molar-refractivity contribution in [2.75, 3.05) is 10.6 Å². The van der Waals surface area contributed by atoms with E-state index >= 15 is 0 Å². The van der Waals surface area contributed by atoms with Crippen molar-refractivity contribution in [3.05, 3.63) is 34.1 Å². The molecule has 20 heavy (non-hydrogen) atoms. The summed E-state index contributed by atoms with van der Waals surface area (Å²) in [5, 5.41) is 14.4. The van der Waals surface area contributed by atoms with E-state index in [4.69, 9.17) is 5.11 Å². The van der Waals surface area contributed by atoms with Crippen LogP contribution in [0.25, 0.3) is 0 Å². The third-order valence-electron chi connectivity index (χ3n) is 2.20. The Morgan fingerprint density at radius 1 is 1.35 bits per heavy atom. The lowest BCUT2D eigenvalue weighted by Crippen LogP contribution is -2.19. The molecule has 2 aromatic rings. The molecule has 0 saturated carbocycles. The molecule has 2 rings (SSSR count). The second-order valence-corrected chi connectivity index (χ2v) is 5.33. The summed E-state index contributed by atoms with van der Waals surface area (Å²) >= 11 is 4.19. The van der Waals surface area contributed by atoms with Crippen molar-refractivity contribution in [1.82, 2.24) is 9.36 Å². The maximum absolute atomic E-state index is 11.7. The van der Waals surface area contributed by atoms with Gasteiger partial charge in [0.1, 0.15) is 5.82 Å². The number of carbonyl (C=O) groups excluding carboxylic acids is 1. The number of anilines is 2. The Morgan fingerprint density at radius 3 is 2.70 bits per heavy atom. The van der Waals surface area contributed by atoms with Crippen LogP contribution >= 0.6 is 27.5 Å². The van der Waals surface area contributed by atoms with E-state index in [9.17, 15) is 9.59 Å². The van der Waals surface area contributed by atoms with Crippen LogP contribution in [0.5, 0.6) is 0 Å². The van der Waals surface area contributed by atoms with Crippen molar-refractivity contribution in [3.8, 4) is 0 Å². The summed E-state index contributed by atoms with van der Waals surface area (Å²) < 4.78 is 4.37. The van der Waals surface area contributed by atoms with Gasteiger partial charge in [0.15, 0.2) is 0 Å². The van der Waals surface area contributed by atoms with Gasteiger partial charge in [-0.15, -0.1) is 0 Å². The summed E-state index contributed by atoms with van der Waals surface area (Å²) in [5.41, 5.74) is 0.430. The number of nitrogens with one attached hydrogen (secondary N) is 2. The molecule has 0 radical (unpaired) electrons. The van der Waals surface area contributed by atoms with Gasteiger partial charge >= 0.3 is 12.0 Å². The molecular weight excluding hydrogens is 348 g/mol. The first-order chi connectivity index (χ1) is 9.45. The Morgan fingerprint density at radius 2 is 2.10 bits per heavy atom. The van der Waals surface area contributed by atoms with E-state index in [0.717, 1.165) is 11.5 Å². The number of aromatic carboxylic acids is 1. The van der Waals surface area contributed by atoms with E-state index in [1.807, 2.05) is 0 Å². The van der Waals surface area contributed by atoms with Gasteiger partial charge in [-0.05, 0) is 41.1 Å². The lowest BCUT2D eigenvalue weighted by atomic mass is 10.2. The Balaban J connectivity index is 2.08. The minimum Gasteiger partial charge on any atom is -0.478 e. The van der Waals surface area contributed by atoms with Crippen LogP contribution in [0.1, 0.15) is 16.2 Å². The molecule has 0 bridgehead atoms. The van der Waals surface area contributed by atoms with Crippen molar-refractivity contribution < 1.29 is 14.7 Å². The second kappa shape index (κ2) is 5.97. The first-order valence-corrected chi connectivity index (χ1v) is 6.93. The van der Waals surface area contributed by atoms with Crippen molar-refractivity contribution >= 4 is 50.3 Å². The first-order valence-electron chi connectivity index (χ1n) is 5.37. The monoisotopic (exact) mass is 356 g/mol. The number of nitrogens with zero attached hydrogens (tertiary/aromatic N) is 2. The number of carbonyl (C=O) groups is 2. The number of halogens is 1. The van der Waals surface area contributed by atoms with Gasteiger partial charge in [-0.2, -0.15) is 4.37 Å². The van der Waals surface area contributed by atoms with Crippen LogP contribution < -0.4 is 10.6 Å². The summed E-state index contributed by atoms with van der Waals surface area (Å²) in [6.07, 6.45) is 0. The average molecular weight is 357 g/mol. The lowest BCUT2D eigenvalue weighted by Gasteiger charge is -2.07. The minimum atomic E-state index is -1.08. The predicted molar refractivity (Wildman–Crippen MR) is 78.4 cm³/mol. The Kier molecular flexibility index (Phi) is 4.30. The van der Waals surface area contributed by atoms with Crippen LogP contribution in [0.3, 0.4) is 0 Å². The van der Waals surface area contributed by atoms with E-state index in [1.54, 1.807) is 19.1 Å². The zero-order chi connectivity index (χ0) is 14.7. The van der Waals surface area contributed by atoms with E-state index in [0.29, 0.717) is 21.1 Å². The van der Waals surface area contributed by atoms with Crippen LogP contribution in [0.15, 0.2) is 22.7 Å². The maximum atomic E-state index is 11.7. The normalized spacial score (nSPS) is 10.1. The fourth-order valence-electron chi connectivity index (χ4n) is 1.37. The van der Waals surface area contributed by atoms with Crippen molar-refractivity contribution in [1.29, 1.82) is 0 Å². The number of amides is 2. The number of aryl methyl sites for hydroxylation is 1. The molecule has 104 valence electrons. The molecule has 1 aromatic heterocycles. The van der Waals surface area contributed by atoms with Gasteiger partial charge in [-0.25, -0.2) is 14.6 Å². The summed E-state index contributed by atoms with van der Waals surface area (Å²) in [6, 6.07) is 3.98. The molecule has 0 unspecified atom stereocenters. The van der Waals surface area contributed by atoms with Crippen LogP contribution in [-0.4, -0.2) is 26.5 Å². The van der Waals surface area contributed by atoms with Gasteiger partial charge in [-0.3, -0.25) is 5.32 Å². The third-order valence-corrected chi connectivity index (χ3v) is 3.62. The number of benzene rings is 1. The Labute approximate surface area is 126 Å². The zero-order valence-corrected chi connectivity index (χ0v) is 12.6. The molecule has 0 saturated heterocycles. The van der Waals surface area contributed by atoms with E-state index in [-0.39, 0.29) is 5.56 Å². The number of aromatic nitrogens is 2. The van der Waals surface area contributed by atoms with Crippen LogP contribution in [0.4, 0.5) is 15.6 Å². The largest absolute Gasteiger partial charge is 0.478 e. The first kappa shape index (κ1) is 14.4. The molecule has 7 nitrogen and oxygen atoms in total. The highest BCUT2D eigenvalue weighted by molar-refractivity contribution is 9.10. The van der Waals surface area contributed by atoms with E-state index < -0.39 is 12.0 Å². The number of hydrogen-bond donors (Lipinski definition) is 3. The van der Waals surface area contributed by atoms with Gasteiger partial charge in [0, 0.05) is 21.7 Å². The molecule has 0 aliphatic heterocycles. The standard InChI is InChI=1S/C11H9BrN4O3S/c1-5-13-11(20-16-5)15-10(19)14-6-2-3-8(12)7(4-6)9(17)18/h2-4H,1H3,(H,17,18)(H2,13,14,15,16,19). The number of hydrogen-bond acceptors (Lipinski definition) is 5. The molecule has 9 heteroatoms. The van der Waals surface area contributed by atoms with Crippen LogP contribution in [0, 0.1) is 6.92 Å². The lowest BCUT2D eigenvalue weighted by molar-refractivity contribution is 0.0696. The molecule has 0 spiro atoms. The van der Waals surface area contributed by atoms with Crippen molar-refractivity contribution in [3.63, 3.8) is 0 Å². The molecule has 0 aliphatic rings. The number of carboxylic acid groups (broad SMARTS) is 1. The fraction of sp³-hybridized carbons (Fsp3) is 0.0909. The molecule has 3 N–H and O–H groups in total. The Bertz CT molecular complexity index is 673. The molecule has 2 amide bonds. The van der Waals surface area contributed by atoms with Crippen molar-refractivity contribution in [2.45, 2.75) is 6.92 Å². The minimum absolute atomic E-state index is 0.0644. The highest BCUT2D eigenvalue weighted by Gasteiger charge is 2.11. The number of urea groups is 1. The van der Waals surface area contributed by atoms with Gasteiger partial charge in [0.05, 0.1) is 5.56 Å². The SMILES string of the molecule is Cc1nsc(NC(=O)Nc2ccc(Br)c(C(=O)O)c2)n1. The maximum Gasteiger partial charge on any atom is 0.336 e. The van der Waals surface area contributed by atoms with E-state index in [1.165, 1.54) is 6.07 Å². The highest BCUT2D eigenvalue weighted by Crippen LogP contribution is 2.21.